The van der Waals surface area contributed by atoms with Gasteiger partial charge in [-0.05, 0) is 17.2 Å². The average Bonchev–Trinajstić information content (AvgIpc) is 2.60. The maximum absolute atomic E-state index is 9.96. The predicted octanol–water partition coefficient (Wildman–Crippen LogP) is 3.98. The van der Waals surface area contributed by atoms with Gasteiger partial charge < -0.3 is 15.5 Å². The van der Waals surface area contributed by atoms with Crippen molar-refractivity contribution in [2.24, 2.45) is 0 Å². The maximum atomic E-state index is 9.96. The Labute approximate surface area is 135 Å². The number of benzene rings is 3. The summed E-state index contributed by atoms with van der Waals surface area (Å²) in [4.78, 5) is 0. The lowest BCUT2D eigenvalue weighted by molar-refractivity contribution is 0.397. The van der Waals surface area contributed by atoms with Crippen LogP contribution in [-0.2, 0) is 6.54 Å². The Bertz CT molecular complexity index is 718. The number of phenols is 2. The maximum Gasteiger partial charge on any atom is 0.161 e. The van der Waals surface area contributed by atoms with E-state index in [4.69, 9.17) is 0 Å². The first-order valence-electron chi connectivity index (χ1n) is 7.59. The molecule has 0 atom stereocenters. The molecule has 0 unspecified atom stereocenters. The molecule has 3 heteroatoms. The lowest BCUT2D eigenvalue weighted by Crippen LogP contribution is -2.22. The Morgan fingerprint density at radius 3 is 1.83 bits per heavy atom. The molecule has 3 rings (SSSR count). The fraction of sp³-hybridized carbons (Fsp3) is 0.100. The van der Waals surface area contributed by atoms with Crippen LogP contribution in [0.5, 0.6) is 11.5 Å². The SMILES string of the molecule is Oc1cccc(CNC(c2ccccc2)c2ccccc2)c1O. The first kappa shape index (κ1) is 15.1. The lowest BCUT2D eigenvalue weighted by Gasteiger charge is -2.20. The molecule has 0 aliphatic rings. The molecule has 0 aliphatic heterocycles. The number of rotatable bonds is 5. The molecule has 0 radical (unpaired) electrons. The molecule has 0 fully saturated rings. The second-order valence-electron chi connectivity index (χ2n) is 5.42. The quantitative estimate of drug-likeness (QED) is 0.625. The molecule has 0 amide bonds. The standard InChI is InChI=1S/C20H19NO2/c22-18-13-7-12-17(20(18)23)14-21-19(15-8-3-1-4-9-15)16-10-5-2-6-11-16/h1-13,19,21-23H,14H2. The largest absolute Gasteiger partial charge is 0.504 e. The van der Waals surface area contributed by atoms with Gasteiger partial charge in [-0.15, -0.1) is 0 Å². The topological polar surface area (TPSA) is 52.5 Å². The molecule has 3 aromatic rings. The van der Waals surface area contributed by atoms with Gasteiger partial charge >= 0.3 is 0 Å². The zero-order valence-electron chi connectivity index (χ0n) is 12.7. The van der Waals surface area contributed by atoms with Gasteiger partial charge in [-0.2, -0.15) is 0 Å². The van der Waals surface area contributed by atoms with Crippen molar-refractivity contribution in [2.75, 3.05) is 0 Å². The summed E-state index contributed by atoms with van der Waals surface area (Å²) in [5, 5.41) is 23.0. The zero-order valence-corrected chi connectivity index (χ0v) is 12.7. The molecule has 0 aromatic heterocycles. The Morgan fingerprint density at radius 1 is 0.696 bits per heavy atom. The van der Waals surface area contributed by atoms with Crippen molar-refractivity contribution in [1.82, 2.24) is 5.32 Å². The fourth-order valence-electron chi connectivity index (χ4n) is 2.65. The highest BCUT2D eigenvalue weighted by molar-refractivity contribution is 5.44. The Hall–Kier alpha value is -2.78. The van der Waals surface area contributed by atoms with E-state index in [2.05, 4.69) is 29.6 Å². The molecule has 3 nitrogen and oxygen atoms in total. The first-order chi connectivity index (χ1) is 11.3. The van der Waals surface area contributed by atoms with Crippen LogP contribution in [-0.4, -0.2) is 10.2 Å². The van der Waals surface area contributed by atoms with Gasteiger partial charge in [-0.25, -0.2) is 0 Å². The van der Waals surface area contributed by atoms with Crippen LogP contribution in [0.15, 0.2) is 78.9 Å². The van der Waals surface area contributed by atoms with E-state index in [1.54, 1.807) is 12.1 Å². The van der Waals surface area contributed by atoms with Crippen LogP contribution >= 0.6 is 0 Å². The molecule has 116 valence electrons. The van der Waals surface area contributed by atoms with E-state index in [1.807, 2.05) is 36.4 Å². The molecule has 0 aliphatic carbocycles. The van der Waals surface area contributed by atoms with Gasteiger partial charge in [0.05, 0.1) is 6.04 Å². The molecule has 3 N–H and O–H groups in total. The van der Waals surface area contributed by atoms with Gasteiger partial charge in [0.15, 0.2) is 11.5 Å². The summed E-state index contributed by atoms with van der Waals surface area (Å²) in [7, 11) is 0. The summed E-state index contributed by atoms with van der Waals surface area (Å²) in [6.07, 6.45) is 0. The molecule has 3 aromatic carbocycles. The minimum absolute atomic E-state index is 0.0131. The van der Waals surface area contributed by atoms with Crippen LogP contribution in [0.4, 0.5) is 0 Å². The Balaban J connectivity index is 1.86. The van der Waals surface area contributed by atoms with Gasteiger partial charge in [0.25, 0.3) is 0 Å². The van der Waals surface area contributed by atoms with Crippen LogP contribution in [0.25, 0.3) is 0 Å². The van der Waals surface area contributed by atoms with Crippen molar-refractivity contribution in [1.29, 1.82) is 0 Å². The summed E-state index contributed by atoms with van der Waals surface area (Å²) in [6, 6.07) is 25.4. The fourth-order valence-corrected chi connectivity index (χ4v) is 2.65. The molecule has 0 bridgehead atoms. The number of hydrogen-bond donors (Lipinski definition) is 3. The number of hydrogen-bond acceptors (Lipinski definition) is 3. The molecule has 0 saturated heterocycles. The van der Waals surface area contributed by atoms with Crippen LogP contribution < -0.4 is 5.32 Å². The van der Waals surface area contributed by atoms with E-state index in [1.165, 1.54) is 6.07 Å². The van der Waals surface area contributed by atoms with Gasteiger partial charge in [0.1, 0.15) is 0 Å². The summed E-state index contributed by atoms with van der Waals surface area (Å²) in [5.41, 5.74) is 2.97. The van der Waals surface area contributed by atoms with Gasteiger partial charge in [-0.1, -0.05) is 72.8 Å². The Morgan fingerprint density at radius 2 is 1.26 bits per heavy atom. The van der Waals surface area contributed by atoms with E-state index in [9.17, 15) is 10.2 Å². The van der Waals surface area contributed by atoms with E-state index < -0.39 is 0 Å². The highest BCUT2D eigenvalue weighted by atomic mass is 16.3. The van der Waals surface area contributed by atoms with Crippen molar-refractivity contribution in [2.45, 2.75) is 12.6 Å². The minimum atomic E-state index is -0.0970. The molecular formula is C20H19NO2. The van der Waals surface area contributed by atoms with Crippen LogP contribution in [0.2, 0.25) is 0 Å². The van der Waals surface area contributed by atoms with Crippen LogP contribution in [0.3, 0.4) is 0 Å². The smallest absolute Gasteiger partial charge is 0.161 e. The molecule has 0 heterocycles. The minimum Gasteiger partial charge on any atom is -0.504 e. The van der Waals surface area contributed by atoms with E-state index >= 15 is 0 Å². The number of nitrogens with one attached hydrogen (secondary N) is 1. The highest BCUT2D eigenvalue weighted by Crippen LogP contribution is 2.29. The van der Waals surface area contributed by atoms with E-state index in [-0.39, 0.29) is 17.5 Å². The molecule has 23 heavy (non-hydrogen) atoms. The summed E-state index contributed by atoms with van der Waals surface area (Å²) in [5.74, 6) is -0.167. The Kier molecular flexibility index (Phi) is 4.60. The zero-order chi connectivity index (χ0) is 16.1. The third-order valence-corrected chi connectivity index (χ3v) is 3.86. The van der Waals surface area contributed by atoms with Gasteiger partial charge in [0, 0.05) is 12.1 Å². The predicted molar refractivity (Wildman–Crippen MR) is 91.3 cm³/mol. The second kappa shape index (κ2) is 6.99. The van der Waals surface area contributed by atoms with Gasteiger partial charge in [0.2, 0.25) is 0 Å². The average molecular weight is 305 g/mol. The van der Waals surface area contributed by atoms with Crippen molar-refractivity contribution in [3.05, 3.63) is 95.6 Å². The third kappa shape index (κ3) is 3.52. The number of para-hydroxylation sites is 1. The van der Waals surface area contributed by atoms with Crippen molar-refractivity contribution in [3.63, 3.8) is 0 Å². The van der Waals surface area contributed by atoms with Crippen LogP contribution in [0.1, 0.15) is 22.7 Å². The third-order valence-electron chi connectivity index (χ3n) is 3.86. The van der Waals surface area contributed by atoms with Gasteiger partial charge in [-0.3, -0.25) is 0 Å². The number of phenolic OH excluding ortho intramolecular Hbond substituents is 2. The van der Waals surface area contributed by atoms with E-state index in [0.717, 1.165) is 11.1 Å². The van der Waals surface area contributed by atoms with Crippen molar-refractivity contribution in [3.8, 4) is 11.5 Å². The number of aromatic hydroxyl groups is 2. The van der Waals surface area contributed by atoms with E-state index in [0.29, 0.717) is 12.1 Å². The molecule has 0 spiro atoms. The summed E-state index contributed by atoms with van der Waals surface area (Å²) in [6.45, 7) is 0.453. The summed E-state index contributed by atoms with van der Waals surface area (Å²) >= 11 is 0. The van der Waals surface area contributed by atoms with Crippen molar-refractivity contribution < 1.29 is 10.2 Å². The van der Waals surface area contributed by atoms with Crippen LogP contribution in [0, 0.1) is 0 Å². The summed E-state index contributed by atoms with van der Waals surface area (Å²) < 4.78 is 0. The monoisotopic (exact) mass is 305 g/mol. The highest BCUT2D eigenvalue weighted by Gasteiger charge is 2.14. The second-order valence-corrected chi connectivity index (χ2v) is 5.42. The first-order valence-corrected chi connectivity index (χ1v) is 7.59. The van der Waals surface area contributed by atoms with Crippen molar-refractivity contribution >= 4 is 0 Å². The molecule has 0 saturated carbocycles. The lowest BCUT2D eigenvalue weighted by atomic mass is 9.98. The molecular weight excluding hydrogens is 286 g/mol. The normalized spacial score (nSPS) is 10.8.